The molecule has 18 heavy (non-hydrogen) atoms. The summed E-state index contributed by atoms with van der Waals surface area (Å²) in [7, 11) is 0. The molecule has 0 spiro atoms. The molecule has 2 rings (SSSR count). The Kier molecular flexibility index (Phi) is 4.60. The minimum atomic E-state index is 0.223. The van der Waals surface area contributed by atoms with Crippen molar-refractivity contribution >= 4 is 17.4 Å². The largest absolute Gasteiger partial charge is 0.327 e. The van der Waals surface area contributed by atoms with Crippen molar-refractivity contribution in [2.24, 2.45) is 5.73 Å². The number of nitrogens with two attached hydrogens (primary N) is 1. The first-order valence-electron chi connectivity index (χ1n) is 6.48. The van der Waals surface area contributed by atoms with E-state index in [1.54, 1.807) is 11.8 Å². The Bertz CT molecular complexity index is 496. The van der Waals surface area contributed by atoms with Crippen molar-refractivity contribution < 1.29 is 0 Å². The van der Waals surface area contributed by atoms with E-state index in [-0.39, 0.29) is 6.04 Å². The van der Waals surface area contributed by atoms with Crippen molar-refractivity contribution in [1.29, 1.82) is 0 Å². The second-order valence-electron chi connectivity index (χ2n) is 4.43. The maximum atomic E-state index is 6.22. The van der Waals surface area contributed by atoms with Crippen molar-refractivity contribution in [2.45, 2.75) is 49.6 Å². The summed E-state index contributed by atoms with van der Waals surface area (Å²) in [5.41, 5.74) is 7.11. The van der Waals surface area contributed by atoms with Gasteiger partial charge in [-0.05, 0) is 25.0 Å². The molecule has 98 valence electrons. The van der Waals surface area contributed by atoms with Gasteiger partial charge >= 0.3 is 0 Å². The third kappa shape index (κ3) is 2.84. The van der Waals surface area contributed by atoms with Crippen LogP contribution in [0.4, 0.5) is 0 Å². The summed E-state index contributed by atoms with van der Waals surface area (Å²) in [5.74, 6) is 0. The summed E-state index contributed by atoms with van der Waals surface area (Å²) in [6.07, 6.45) is 5.23. The molecule has 2 atom stereocenters. The van der Waals surface area contributed by atoms with Crippen LogP contribution in [0.5, 0.6) is 0 Å². The van der Waals surface area contributed by atoms with Gasteiger partial charge in [0.15, 0.2) is 10.8 Å². The average molecular weight is 264 g/mol. The standard InChI is InChI=1S/C13H20N4S/c1-3-7-10(14)11(4-2)18-13-16-15-12-8-5-6-9-17(12)13/h5-6,8-11H,3-4,7,14H2,1-2H3. The molecule has 0 saturated heterocycles. The van der Waals surface area contributed by atoms with E-state index in [1.165, 1.54) is 0 Å². The highest BCUT2D eigenvalue weighted by Crippen LogP contribution is 2.27. The van der Waals surface area contributed by atoms with Gasteiger partial charge in [-0.2, -0.15) is 0 Å². The zero-order chi connectivity index (χ0) is 13.0. The topological polar surface area (TPSA) is 56.2 Å². The number of aromatic nitrogens is 3. The van der Waals surface area contributed by atoms with Crippen LogP contribution in [-0.2, 0) is 0 Å². The number of thioether (sulfide) groups is 1. The average Bonchev–Trinajstić information content (AvgIpc) is 2.79. The van der Waals surface area contributed by atoms with E-state index in [0.717, 1.165) is 30.1 Å². The molecule has 2 aromatic heterocycles. The molecule has 0 aliphatic carbocycles. The van der Waals surface area contributed by atoms with Crippen LogP contribution in [0, 0.1) is 0 Å². The molecule has 2 unspecified atom stereocenters. The van der Waals surface area contributed by atoms with Crippen molar-refractivity contribution in [3.63, 3.8) is 0 Å². The van der Waals surface area contributed by atoms with Gasteiger partial charge < -0.3 is 5.73 Å². The molecule has 0 aliphatic rings. The Morgan fingerprint density at radius 1 is 1.33 bits per heavy atom. The van der Waals surface area contributed by atoms with Gasteiger partial charge in [0.2, 0.25) is 0 Å². The highest BCUT2D eigenvalue weighted by molar-refractivity contribution is 7.99. The number of fused-ring (bicyclic) bond motifs is 1. The molecular weight excluding hydrogens is 244 g/mol. The molecule has 0 bridgehead atoms. The summed E-state index contributed by atoms with van der Waals surface area (Å²) in [6, 6.07) is 6.15. The molecule has 0 radical (unpaired) electrons. The smallest absolute Gasteiger partial charge is 0.195 e. The summed E-state index contributed by atoms with van der Waals surface area (Å²) >= 11 is 1.74. The Morgan fingerprint density at radius 2 is 2.17 bits per heavy atom. The van der Waals surface area contributed by atoms with Crippen LogP contribution in [0.1, 0.15) is 33.1 Å². The first kappa shape index (κ1) is 13.4. The number of nitrogens with zero attached hydrogens (tertiary/aromatic N) is 3. The van der Waals surface area contributed by atoms with Crippen molar-refractivity contribution in [2.75, 3.05) is 0 Å². The molecule has 2 heterocycles. The van der Waals surface area contributed by atoms with Crippen LogP contribution in [0.15, 0.2) is 29.6 Å². The third-order valence-electron chi connectivity index (χ3n) is 3.04. The van der Waals surface area contributed by atoms with Gasteiger partial charge in [-0.1, -0.05) is 38.1 Å². The summed E-state index contributed by atoms with van der Waals surface area (Å²) in [6.45, 7) is 4.35. The monoisotopic (exact) mass is 264 g/mol. The fourth-order valence-corrected chi connectivity index (χ4v) is 3.13. The van der Waals surface area contributed by atoms with E-state index in [1.807, 2.05) is 28.8 Å². The van der Waals surface area contributed by atoms with Crippen molar-refractivity contribution in [1.82, 2.24) is 14.6 Å². The van der Waals surface area contributed by atoms with E-state index in [9.17, 15) is 0 Å². The van der Waals surface area contributed by atoms with Crippen LogP contribution in [0.25, 0.3) is 5.65 Å². The molecule has 0 saturated carbocycles. The second-order valence-corrected chi connectivity index (χ2v) is 5.63. The fourth-order valence-electron chi connectivity index (χ4n) is 2.03. The molecule has 2 aromatic rings. The number of pyridine rings is 1. The molecule has 2 N–H and O–H groups in total. The van der Waals surface area contributed by atoms with E-state index in [4.69, 9.17) is 5.73 Å². The van der Waals surface area contributed by atoms with Gasteiger partial charge in [0.05, 0.1) is 0 Å². The maximum absolute atomic E-state index is 6.22. The van der Waals surface area contributed by atoms with Crippen LogP contribution >= 0.6 is 11.8 Å². The SMILES string of the molecule is CCCC(N)C(CC)Sc1nnc2ccccn12. The normalized spacial score (nSPS) is 14.8. The summed E-state index contributed by atoms with van der Waals surface area (Å²) < 4.78 is 2.02. The van der Waals surface area contributed by atoms with Gasteiger partial charge in [-0.3, -0.25) is 4.40 Å². The van der Waals surface area contributed by atoms with E-state index < -0.39 is 0 Å². The highest BCUT2D eigenvalue weighted by Gasteiger charge is 2.19. The molecule has 5 heteroatoms. The second kappa shape index (κ2) is 6.20. The summed E-state index contributed by atoms with van der Waals surface area (Å²) in [4.78, 5) is 0. The number of hydrogen-bond acceptors (Lipinski definition) is 4. The van der Waals surface area contributed by atoms with Gasteiger partial charge in [-0.15, -0.1) is 10.2 Å². The van der Waals surface area contributed by atoms with Crippen molar-refractivity contribution in [3.8, 4) is 0 Å². The zero-order valence-corrected chi connectivity index (χ0v) is 11.7. The lowest BCUT2D eigenvalue weighted by Gasteiger charge is -2.20. The van der Waals surface area contributed by atoms with Crippen LogP contribution in [0.3, 0.4) is 0 Å². The maximum Gasteiger partial charge on any atom is 0.195 e. The Hall–Kier alpha value is -1.07. The first-order chi connectivity index (χ1) is 8.76. The number of hydrogen-bond donors (Lipinski definition) is 1. The Labute approximate surface area is 112 Å². The fraction of sp³-hybridized carbons (Fsp3) is 0.538. The first-order valence-corrected chi connectivity index (χ1v) is 7.36. The van der Waals surface area contributed by atoms with Gasteiger partial charge in [0, 0.05) is 17.5 Å². The highest BCUT2D eigenvalue weighted by atomic mass is 32.2. The quantitative estimate of drug-likeness (QED) is 0.815. The summed E-state index contributed by atoms with van der Waals surface area (Å²) in [5, 5.41) is 9.74. The van der Waals surface area contributed by atoms with E-state index in [2.05, 4.69) is 24.0 Å². The molecule has 0 aromatic carbocycles. The van der Waals surface area contributed by atoms with E-state index >= 15 is 0 Å². The van der Waals surface area contributed by atoms with Crippen molar-refractivity contribution in [3.05, 3.63) is 24.4 Å². The molecule has 0 aliphatic heterocycles. The molecule has 0 fully saturated rings. The lowest BCUT2D eigenvalue weighted by molar-refractivity contribution is 0.565. The lowest BCUT2D eigenvalue weighted by atomic mass is 10.1. The predicted octanol–water partition coefficient (Wildman–Crippen LogP) is 2.73. The van der Waals surface area contributed by atoms with Crippen LogP contribution in [0.2, 0.25) is 0 Å². The van der Waals surface area contributed by atoms with Crippen LogP contribution in [-0.4, -0.2) is 25.9 Å². The molecular formula is C13H20N4S. The lowest BCUT2D eigenvalue weighted by Crippen LogP contribution is -2.31. The number of rotatable bonds is 6. The minimum absolute atomic E-state index is 0.223. The molecule has 0 amide bonds. The van der Waals surface area contributed by atoms with Gasteiger partial charge in [0.1, 0.15) is 0 Å². The van der Waals surface area contributed by atoms with E-state index in [0.29, 0.717) is 5.25 Å². The van der Waals surface area contributed by atoms with Gasteiger partial charge in [0.25, 0.3) is 0 Å². The van der Waals surface area contributed by atoms with Crippen LogP contribution < -0.4 is 5.73 Å². The van der Waals surface area contributed by atoms with Gasteiger partial charge in [-0.25, -0.2) is 0 Å². The Morgan fingerprint density at radius 3 is 2.89 bits per heavy atom. The zero-order valence-electron chi connectivity index (χ0n) is 10.9. The Balaban J connectivity index is 2.16. The minimum Gasteiger partial charge on any atom is -0.327 e. The third-order valence-corrected chi connectivity index (χ3v) is 4.52. The predicted molar refractivity (Wildman–Crippen MR) is 75.8 cm³/mol. The molecule has 4 nitrogen and oxygen atoms in total.